The largest absolute Gasteiger partial charge is 0.494 e. The van der Waals surface area contributed by atoms with Crippen molar-refractivity contribution in [3.05, 3.63) is 96.6 Å². The van der Waals surface area contributed by atoms with Gasteiger partial charge in [0.05, 0.1) is 13.2 Å². The lowest BCUT2D eigenvalue weighted by Crippen LogP contribution is -2.01. The van der Waals surface area contributed by atoms with Crippen molar-refractivity contribution >= 4 is 0 Å². The van der Waals surface area contributed by atoms with Crippen molar-refractivity contribution in [1.82, 2.24) is 0 Å². The summed E-state index contributed by atoms with van der Waals surface area (Å²) in [5.74, 6) is -0.958. The average Bonchev–Trinajstić information content (AvgIpc) is 2.99. The number of ether oxygens (including phenoxy) is 2. The Labute approximate surface area is 238 Å². The first-order chi connectivity index (χ1) is 19.6. The van der Waals surface area contributed by atoms with E-state index in [1.54, 1.807) is 6.07 Å². The molecule has 0 aromatic heterocycles. The summed E-state index contributed by atoms with van der Waals surface area (Å²) in [6, 6.07) is 27.0. The molecule has 0 bridgehead atoms. The van der Waals surface area contributed by atoms with Crippen molar-refractivity contribution < 1.29 is 18.3 Å². The van der Waals surface area contributed by atoms with E-state index in [2.05, 4.69) is 43.3 Å². The van der Waals surface area contributed by atoms with Gasteiger partial charge in [0.25, 0.3) is 0 Å². The average molecular weight is 543 g/mol. The summed E-state index contributed by atoms with van der Waals surface area (Å²) >= 11 is 0. The van der Waals surface area contributed by atoms with E-state index in [-0.39, 0.29) is 11.3 Å². The minimum Gasteiger partial charge on any atom is -0.494 e. The highest BCUT2D eigenvalue weighted by atomic mass is 19.2. The number of rotatable bonds is 15. The molecule has 0 fully saturated rings. The maximum Gasteiger partial charge on any atom is 0.201 e. The highest BCUT2D eigenvalue weighted by Gasteiger charge is 2.16. The Kier molecular flexibility index (Phi) is 11.2. The standard InChI is InChI=1S/C36H40F2O2/c1-3-5-6-7-8-9-10-11-26-40-34-25-24-33(35(37)36(34)38)31-18-16-29(17-19-31)27-12-14-28(15-13-27)30-20-22-32(23-21-30)39-4-2/h12-25H,3-11,26H2,1-2H3. The molecule has 40 heavy (non-hydrogen) atoms. The van der Waals surface area contributed by atoms with Gasteiger partial charge in [-0.15, -0.1) is 0 Å². The van der Waals surface area contributed by atoms with Gasteiger partial charge in [-0.05, 0) is 65.4 Å². The molecule has 0 heterocycles. The zero-order valence-corrected chi connectivity index (χ0v) is 23.7. The van der Waals surface area contributed by atoms with Gasteiger partial charge in [-0.1, -0.05) is 113 Å². The topological polar surface area (TPSA) is 18.5 Å². The van der Waals surface area contributed by atoms with E-state index in [0.29, 0.717) is 18.8 Å². The summed E-state index contributed by atoms with van der Waals surface area (Å²) in [6.07, 6.45) is 9.40. The van der Waals surface area contributed by atoms with Gasteiger partial charge in [-0.2, -0.15) is 4.39 Å². The Bertz CT molecular complexity index is 1310. The van der Waals surface area contributed by atoms with Gasteiger partial charge < -0.3 is 9.47 Å². The Morgan fingerprint density at radius 3 is 1.48 bits per heavy atom. The second-order valence-electron chi connectivity index (χ2n) is 10.2. The quantitative estimate of drug-likeness (QED) is 0.139. The Morgan fingerprint density at radius 1 is 0.475 bits per heavy atom. The van der Waals surface area contributed by atoms with Gasteiger partial charge >= 0.3 is 0 Å². The van der Waals surface area contributed by atoms with Gasteiger partial charge in [0.15, 0.2) is 11.6 Å². The van der Waals surface area contributed by atoms with Crippen LogP contribution < -0.4 is 9.47 Å². The van der Waals surface area contributed by atoms with E-state index in [1.807, 2.05) is 43.3 Å². The molecule has 0 N–H and O–H groups in total. The third kappa shape index (κ3) is 7.94. The van der Waals surface area contributed by atoms with Crippen molar-refractivity contribution in [2.45, 2.75) is 65.2 Å². The van der Waals surface area contributed by atoms with Crippen molar-refractivity contribution in [3.8, 4) is 44.9 Å². The SMILES string of the molecule is CCCCCCCCCCOc1ccc(-c2ccc(-c3ccc(-c4ccc(OCC)cc4)cc3)cc2)c(F)c1F. The normalized spacial score (nSPS) is 11.0. The van der Waals surface area contributed by atoms with Crippen LogP contribution in [0.1, 0.15) is 65.2 Å². The van der Waals surface area contributed by atoms with E-state index >= 15 is 0 Å². The second-order valence-corrected chi connectivity index (χ2v) is 10.2. The van der Waals surface area contributed by atoms with Crippen LogP contribution >= 0.6 is 0 Å². The van der Waals surface area contributed by atoms with Crippen molar-refractivity contribution in [3.63, 3.8) is 0 Å². The maximum atomic E-state index is 15.0. The van der Waals surface area contributed by atoms with Crippen LogP contribution in [0, 0.1) is 11.6 Å². The predicted octanol–water partition coefficient (Wildman–Crippen LogP) is 10.9. The fourth-order valence-corrected chi connectivity index (χ4v) is 4.89. The van der Waals surface area contributed by atoms with E-state index in [9.17, 15) is 8.78 Å². The smallest absolute Gasteiger partial charge is 0.201 e. The molecular weight excluding hydrogens is 502 g/mol. The Hall–Kier alpha value is -3.66. The van der Waals surface area contributed by atoms with Crippen LogP contribution in [0.25, 0.3) is 33.4 Å². The molecule has 4 heteroatoms. The van der Waals surface area contributed by atoms with Gasteiger partial charge in [-0.25, -0.2) is 4.39 Å². The van der Waals surface area contributed by atoms with Crippen LogP contribution in [0.5, 0.6) is 11.5 Å². The predicted molar refractivity (Wildman–Crippen MR) is 162 cm³/mol. The molecule has 0 amide bonds. The summed E-state index contributed by atoms with van der Waals surface area (Å²) in [7, 11) is 0. The van der Waals surface area contributed by atoms with Crippen LogP contribution in [0.4, 0.5) is 8.78 Å². The van der Waals surface area contributed by atoms with E-state index < -0.39 is 11.6 Å². The number of halogens is 2. The minimum atomic E-state index is -0.925. The molecule has 0 atom stereocenters. The lowest BCUT2D eigenvalue weighted by atomic mass is 9.98. The van der Waals surface area contributed by atoms with Gasteiger partial charge in [0.2, 0.25) is 5.82 Å². The molecule has 4 aromatic rings. The summed E-state index contributed by atoms with van der Waals surface area (Å²) in [6.45, 7) is 5.23. The first kappa shape index (κ1) is 29.3. The zero-order chi connectivity index (χ0) is 28.2. The van der Waals surface area contributed by atoms with Crippen molar-refractivity contribution in [1.29, 1.82) is 0 Å². The minimum absolute atomic E-state index is 0.0200. The third-order valence-electron chi connectivity index (χ3n) is 7.22. The lowest BCUT2D eigenvalue weighted by molar-refractivity contribution is 0.285. The number of hydrogen-bond donors (Lipinski definition) is 0. The molecule has 2 nitrogen and oxygen atoms in total. The van der Waals surface area contributed by atoms with Crippen LogP contribution in [0.15, 0.2) is 84.9 Å². The summed E-state index contributed by atoms with van der Waals surface area (Å²) in [5.41, 5.74) is 5.15. The molecular formula is C36H40F2O2. The number of unbranched alkanes of at least 4 members (excludes halogenated alkanes) is 7. The zero-order valence-electron chi connectivity index (χ0n) is 23.7. The summed E-state index contributed by atoms with van der Waals surface area (Å²) in [4.78, 5) is 0. The van der Waals surface area contributed by atoms with Crippen molar-refractivity contribution in [2.24, 2.45) is 0 Å². The summed E-state index contributed by atoms with van der Waals surface area (Å²) < 4.78 is 40.8. The fraction of sp³-hybridized carbons (Fsp3) is 0.333. The van der Waals surface area contributed by atoms with Crippen molar-refractivity contribution in [2.75, 3.05) is 13.2 Å². The van der Waals surface area contributed by atoms with Crippen LogP contribution in [0.3, 0.4) is 0 Å². The van der Waals surface area contributed by atoms with Gasteiger partial charge in [-0.3, -0.25) is 0 Å². The molecule has 4 rings (SSSR count). The molecule has 210 valence electrons. The molecule has 4 aromatic carbocycles. The highest BCUT2D eigenvalue weighted by molar-refractivity contribution is 5.74. The molecule has 0 saturated heterocycles. The first-order valence-corrected chi connectivity index (χ1v) is 14.7. The molecule has 0 spiro atoms. The Balaban J connectivity index is 1.33. The van der Waals surface area contributed by atoms with E-state index in [0.717, 1.165) is 47.3 Å². The summed E-state index contributed by atoms with van der Waals surface area (Å²) in [5, 5.41) is 0. The van der Waals surface area contributed by atoms with Crippen LogP contribution in [0.2, 0.25) is 0 Å². The monoisotopic (exact) mass is 542 g/mol. The molecule has 0 aliphatic heterocycles. The maximum absolute atomic E-state index is 15.0. The number of benzene rings is 4. The van der Waals surface area contributed by atoms with Crippen LogP contribution in [-0.4, -0.2) is 13.2 Å². The fourth-order valence-electron chi connectivity index (χ4n) is 4.89. The third-order valence-corrected chi connectivity index (χ3v) is 7.22. The first-order valence-electron chi connectivity index (χ1n) is 14.7. The highest BCUT2D eigenvalue weighted by Crippen LogP contribution is 2.32. The van der Waals surface area contributed by atoms with Gasteiger partial charge in [0, 0.05) is 5.56 Å². The molecule has 0 saturated carbocycles. The second kappa shape index (κ2) is 15.2. The molecule has 0 radical (unpaired) electrons. The van der Waals surface area contributed by atoms with E-state index in [1.165, 1.54) is 38.2 Å². The van der Waals surface area contributed by atoms with Crippen LogP contribution in [-0.2, 0) is 0 Å². The van der Waals surface area contributed by atoms with E-state index in [4.69, 9.17) is 9.47 Å². The Morgan fingerprint density at radius 2 is 0.950 bits per heavy atom. The van der Waals surface area contributed by atoms with Gasteiger partial charge in [0.1, 0.15) is 5.75 Å². The molecule has 0 unspecified atom stereocenters. The molecule has 0 aliphatic carbocycles. The number of hydrogen-bond acceptors (Lipinski definition) is 2. The lowest BCUT2D eigenvalue weighted by Gasteiger charge is -2.11. The molecule has 0 aliphatic rings.